The van der Waals surface area contributed by atoms with Crippen LogP contribution < -0.4 is 10.6 Å². The maximum atomic E-state index is 11.6. The predicted octanol–water partition coefficient (Wildman–Crippen LogP) is 3.12. The van der Waals surface area contributed by atoms with E-state index in [0.717, 1.165) is 16.8 Å². The molecule has 0 unspecified atom stereocenters. The molecule has 4 heteroatoms. The maximum Gasteiger partial charge on any atom is 0.319 e. The number of hydrogen-bond acceptors (Lipinski definition) is 2. The second kappa shape index (κ2) is 7.31. The molecule has 2 aromatic rings. The maximum absolute atomic E-state index is 11.6. The van der Waals surface area contributed by atoms with Gasteiger partial charge in [-0.25, -0.2) is 4.79 Å². The first-order valence-corrected chi connectivity index (χ1v) is 6.49. The van der Waals surface area contributed by atoms with E-state index in [1.54, 1.807) is 7.11 Å². The lowest BCUT2D eigenvalue weighted by Crippen LogP contribution is -2.31. The van der Waals surface area contributed by atoms with Gasteiger partial charge in [0.1, 0.15) is 0 Å². The zero-order valence-electron chi connectivity index (χ0n) is 11.4. The molecule has 2 rings (SSSR count). The molecule has 0 aliphatic carbocycles. The van der Waals surface area contributed by atoms with E-state index in [-0.39, 0.29) is 6.03 Å². The molecule has 0 heterocycles. The van der Waals surface area contributed by atoms with Crippen LogP contribution in [0.25, 0.3) is 11.1 Å². The fourth-order valence-electron chi connectivity index (χ4n) is 1.82. The Kier molecular flexibility index (Phi) is 5.15. The number of amides is 2. The molecule has 0 radical (unpaired) electrons. The molecule has 2 aromatic carbocycles. The number of ether oxygens (including phenoxy) is 1. The van der Waals surface area contributed by atoms with E-state index in [4.69, 9.17) is 4.74 Å². The molecule has 4 nitrogen and oxygen atoms in total. The summed E-state index contributed by atoms with van der Waals surface area (Å²) in [4.78, 5) is 11.6. The first-order chi connectivity index (χ1) is 9.79. The van der Waals surface area contributed by atoms with E-state index in [0.29, 0.717) is 13.2 Å². The predicted molar refractivity (Wildman–Crippen MR) is 80.8 cm³/mol. The van der Waals surface area contributed by atoms with Crippen LogP contribution in [0.15, 0.2) is 54.6 Å². The van der Waals surface area contributed by atoms with Crippen LogP contribution in [0.4, 0.5) is 10.5 Å². The lowest BCUT2D eigenvalue weighted by molar-refractivity contribution is 0.198. The number of benzene rings is 2. The second-order valence-electron chi connectivity index (χ2n) is 4.32. The van der Waals surface area contributed by atoms with Crippen molar-refractivity contribution in [3.05, 3.63) is 54.6 Å². The second-order valence-corrected chi connectivity index (χ2v) is 4.32. The van der Waals surface area contributed by atoms with Gasteiger partial charge < -0.3 is 15.4 Å². The van der Waals surface area contributed by atoms with Gasteiger partial charge in [-0.05, 0) is 23.3 Å². The number of carbonyl (C=O) groups is 1. The SMILES string of the molecule is COCCNC(=O)Nc1ccc(-c2ccccc2)cc1. The van der Waals surface area contributed by atoms with Crippen LogP contribution in [0, 0.1) is 0 Å². The van der Waals surface area contributed by atoms with Crippen molar-refractivity contribution < 1.29 is 9.53 Å². The molecular formula is C16H18N2O2. The van der Waals surface area contributed by atoms with Crippen LogP contribution in [-0.2, 0) is 4.74 Å². The lowest BCUT2D eigenvalue weighted by Gasteiger charge is -2.08. The van der Waals surface area contributed by atoms with E-state index in [2.05, 4.69) is 22.8 Å². The molecule has 20 heavy (non-hydrogen) atoms. The molecule has 0 aliphatic heterocycles. The monoisotopic (exact) mass is 270 g/mol. The summed E-state index contributed by atoms with van der Waals surface area (Å²) in [6.07, 6.45) is 0. The highest BCUT2D eigenvalue weighted by Crippen LogP contribution is 2.20. The Morgan fingerprint density at radius 3 is 2.30 bits per heavy atom. The van der Waals surface area contributed by atoms with Gasteiger partial charge in [-0.3, -0.25) is 0 Å². The summed E-state index contributed by atoms with van der Waals surface area (Å²) in [6.45, 7) is 0.991. The summed E-state index contributed by atoms with van der Waals surface area (Å²) in [6, 6.07) is 17.6. The molecule has 0 saturated carbocycles. The zero-order valence-corrected chi connectivity index (χ0v) is 11.4. The van der Waals surface area contributed by atoms with Crippen LogP contribution in [0.3, 0.4) is 0 Å². The molecule has 0 saturated heterocycles. The van der Waals surface area contributed by atoms with Crippen LogP contribution in [-0.4, -0.2) is 26.3 Å². The normalized spacial score (nSPS) is 10.1. The minimum absolute atomic E-state index is 0.227. The van der Waals surface area contributed by atoms with Gasteiger partial charge in [0.15, 0.2) is 0 Å². The molecular weight excluding hydrogens is 252 g/mol. The third kappa shape index (κ3) is 4.10. The minimum Gasteiger partial charge on any atom is -0.383 e. The first-order valence-electron chi connectivity index (χ1n) is 6.49. The number of carbonyl (C=O) groups excluding carboxylic acids is 1. The highest BCUT2D eigenvalue weighted by atomic mass is 16.5. The van der Waals surface area contributed by atoms with Crippen molar-refractivity contribution >= 4 is 11.7 Å². The molecule has 2 N–H and O–H groups in total. The van der Waals surface area contributed by atoms with Crippen LogP contribution in [0.1, 0.15) is 0 Å². The molecule has 0 fully saturated rings. The Bertz CT molecular complexity index is 538. The molecule has 0 bridgehead atoms. The summed E-state index contributed by atoms with van der Waals surface area (Å²) < 4.78 is 4.86. The summed E-state index contributed by atoms with van der Waals surface area (Å²) in [7, 11) is 1.60. The van der Waals surface area contributed by atoms with Crippen LogP contribution in [0.5, 0.6) is 0 Å². The van der Waals surface area contributed by atoms with E-state index in [1.807, 2.05) is 42.5 Å². The topological polar surface area (TPSA) is 50.4 Å². The Morgan fingerprint density at radius 1 is 1.00 bits per heavy atom. The molecule has 0 atom stereocenters. The van der Waals surface area contributed by atoms with Crippen molar-refractivity contribution in [2.75, 3.05) is 25.6 Å². The summed E-state index contributed by atoms with van der Waals surface area (Å²) >= 11 is 0. The van der Waals surface area contributed by atoms with E-state index < -0.39 is 0 Å². The fourth-order valence-corrected chi connectivity index (χ4v) is 1.82. The van der Waals surface area contributed by atoms with Crippen LogP contribution in [0.2, 0.25) is 0 Å². The molecule has 104 valence electrons. The zero-order chi connectivity index (χ0) is 14.2. The third-order valence-electron chi connectivity index (χ3n) is 2.84. The number of rotatable bonds is 5. The summed E-state index contributed by atoms with van der Waals surface area (Å²) in [5.74, 6) is 0. The average molecular weight is 270 g/mol. The largest absolute Gasteiger partial charge is 0.383 e. The Balaban J connectivity index is 1.93. The quantitative estimate of drug-likeness (QED) is 0.820. The smallest absolute Gasteiger partial charge is 0.319 e. The molecule has 0 spiro atoms. The molecule has 0 aromatic heterocycles. The van der Waals surface area contributed by atoms with Crippen molar-refractivity contribution in [1.82, 2.24) is 5.32 Å². The highest BCUT2D eigenvalue weighted by molar-refractivity contribution is 5.89. The van der Waals surface area contributed by atoms with Gasteiger partial charge in [0.25, 0.3) is 0 Å². The van der Waals surface area contributed by atoms with E-state index in [1.165, 1.54) is 0 Å². The van der Waals surface area contributed by atoms with Crippen molar-refractivity contribution in [3.63, 3.8) is 0 Å². The number of nitrogens with one attached hydrogen (secondary N) is 2. The van der Waals surface area contributed by atoms with Gasteiger partial charge >= 0.3 is 6.03 Å². The minimum atomic E-state index is -0.227. The van der Waals surface area contributed by atoms with Crippen molar-refractivity contribution in [1.29, 1.82) is 0 Å². The van der Waals surface area contributed by atoms with Gasteiger partial charge in [-0.1, -0.05) is 42.5 Å². The van der Waals surface area contributed by atoms with Crippen LogP contribution >= 0.6 is 0 Å². The Morgan fingerprint density at radius 2 is 1.65 bits per heavy atom. The van der Waals surface area contributed by atoms with Gasteiger partial charge in [0.2, 0.25) is 0 Å². The standard InChI is InChI=1S/C16H18N2O2/c1-20-12-11-17-16(19)18-15-9-7-14(8-10-15)13-5-3-2-4-6-13/h2-10H,11-12H2,1H3,(H2,17,18,19). The summed E-state index contributed by atoms with van der Waals surface area (Å²) in [5.41, 5.74) is 3.04. The van der Waals surface area contributed by atoms with E-state index in [9.17, 15) is 4.79 Å². The van der Waals surface area contributed by atoms with Gasteiger partial charge in [-0.15, -0.1) is 0 Å². The Labute approximate surface area is 118 Å². The average Bonchev–Trinajstić information content (AvgIpc) is 2.49. The number of urea groups is 1. The van der Waals surface area contributed by atoms with Gasteiger partial charge in [0, 0.05) is 19.3 Å². The Hall–Kier alpha value is -2.33. The lowest BCUT2D eigenvalue weighted by atomic mass is 10.1. The third-order valence-corrected chi connectivity index (χ3v) is 2.84. The van der Waals surface area contributed by atoms with Crippen molar-refractivity contribution in [2.45, 2.75) is 0 Å². The van der Waals surface area contributed by atoms with Gasteiger partial charge in [-0.2, -0.15) is 0 Å². The molecule has 2 amide bonds. The number of hydrogen-bond donors (Lipinski definition) is 2. The fraction of sp³-hybridized carbons (Fsp3) is 0.188. The molecule has 0 aliphatic rings. The summed E-state index contributed by atoms with van der Waals surface area (Å²) in [5, 5.41) is 5.48. The van der Waals surface area contributed by atoms with Gasteiger partial charge in [0.05, 0.1) is 6.61 Å². The van der Waals surface area contributed by atoms with Crippen molar-refractivity contribution in [3.8, 4) is 11.1 Å². The number of anilines is 1. The first kappa shape index (κ1) is 14.1. The highest BCUT2D eigenvalue weighted by Gasteiger charge is 2.01. The van der Waals surface area contributed by atoms with E-state index >= 15 is 0 Å². The number of methoxy groups -OCH3 is 1. The van der Waals surface area contributed by atoms with Crippen molar-refractivity contribution in [2.24, 2.45) is 0 Å².